The van der Waals surface area contributed by atoms with Gasteiger partial charge in [-0.15, -0.1) is 11.3 Å². The molecule has 0 atom stereocenters. The molecule has 3 aromatic rings. The maximum absolute atomic E-state index is 13.2. The second kappa shape index (κ2) is 9.69. The second-order valence-corrected chi connectivity index (χ2v) is 7.93. The van der Waals surface area contributed by atoms with Crippen LogP contribution in [0.15, 0.2) is 70.5 Å². The lowest BCUT2D eigenvalue weighted by Gasteiger charge is -2.22. The van der Waals surface area contributed by atoms with E-state index in [1.807, 2.05) is 60.0 Å². The molecule has 0 aliphatic heterocycles. The molecule has 2 N–H and O–H groups in total. The predicted molar refractivity (Wildman–Crippen MR) is 113 cm³/mol. The first-order valence-electron chi connectivity index (χ1n) is 8.65. The van der Waals surface area contributed by atoms with Crippen molar-refractivity contribution in [3.63, 3.8) is 0 Å². The highest BCUT2D eigenvalue weighted by Gasteiger charge is 2.20. The quantitative estimate of drug-likeness (QED) is 0.547. The summed E-state index contributed by atoms with van der Waals surface area (Å²) in [6, 6.07) is 19.3. The summed E-state index contributed by atoms with van der Waals surface area (Å²) in [6.07, 6.45) is 0. The topological polar surface area (TPSA) is 55.6 Å². The molecule has 2 aromatic carbocycles. The van der Waals surface area contributed by atoms with Crippen molar-refractivity contribution >= 4 is 33.2 Å². The standard InChI is InChI=1S/C21H21BrN2O2S/c22-17-12-18(27-15-17)13-24(11-10-23)21(25)19-8-4-5-9-20(19)26-14-16-6-2-1-3-7-16/h1-9,12,15H,10-11,13-14,23H2. The SMILES string of the molecule is NCCN(Cc1cc(Br)cs1)C(=O)c1ccccc1OCc1ccccc1. The first-order valence-corrected chi connectivity index (χ1v) is 10.3. The molecule has 0 radical (unpaired) electrons. The molecule has 0 spiro atoms. The van der Waals surface area contributed by atoms with Gasteiger partial charge in [-0.3, -0.25) is 4.79 Å². The molecular formula is C21H21BrN2O2S. The molecule has 0 saturated carbocycles. The van der Waals surface area contributed by atoms with Gasteiger partial charge in [0.15, 0.2) is 0 Å². The minimum absolute atomic E-state index is 0.0753. The maximum atomic E-state index is 13.2. The van der Waals surface area contributed by atoms with Crippen molar-refractivity contribution in [1.29, 1.82) is 0 Å². The van der Waals surface area contributed by atoms with E-state index in [1.165, 1.54) is 0 Å². The average Bonchev–Trinajstić information content (AvgIpc) is 3.11. The first kappa shape index (κ1) is 19.6. The van der Waals surface area contributed by atoms with Crippen LogP contribution in [0.25, 0.3) is 0 Å². The number of hydrogen-bond acceptors (Lipinski definition) is 4. The number of ether oxygens (including phenoxy) is 1. The Morgan fingerprint density at radius 2 is 1.85 bits per heavy atom. The summed E-state index contributed by atoms with van der Waals surface area (Å²) >= 11 is 5.07. The van der Waals surface area contributed by atoms with Gasteiger partial charge in [-0.05, 0) is 39.7 Å². The number of rotatable bonds is 8. The molecule has 27 heavy (non-hydrogen) atoms. The van der Waals surface area contributed by atoms with E-state index in [2.05, 4.69) is 15.9 Å². The minimum atomic E-state index is -0.0753. The number of hydrogen-bond donors (Lipinski definition) is 1. The van der Waals surface area contributed by atoms with Crippen LogP contribution in [-0.4, -0.2) is 23.9 Å². The van der Waals surface area contributed by atoms with Crippen LogP contribution in [0.1, 0.15) is 20.8 Å². The molecule has 0 aliphatic carbocycles. The molecule has 0 aliphatic rings. The predicted octanol–water partition coefficient (Wildman–Crippen LogP) is 4.69. The van der Waals surface area contributed by atoms with E-state index < -0.39 is 0 Å². The Hall–Kier alpha value is -2.15. The molecule has 0 fully saturated rings. The van der Waals surface area contributed by atoms with Gasteiger partial charge in [0.1, 0.15) is 12.4 Å². The lowest BCUT2D eigenvalue weighted by Crippen LogP contribution is -2.34. The van der Waals surface area contributed by atoms with E-state index in [9.17, 15) is 4.79 Å². The van der Waals surface area contributed by atoms with E-state index in [0.29, 0.717) is 37.6 Å². The van der Waals surface area contributed by atoms with Crippen LogP contribution in [0.4, 0.5) is 0 Å². The summed E-state index contributed by atoms with van der Waals surface area (Å²) in [5.41, 5.74) is 7.36. The highest BCUT2D eigenvalue weighted by molar-refractivity contribution is 9.10. The Morgan fingerprint density at radius 1 is 1.11 bits per heavy atom. The zero-order valence-corrected chi connectivity index (χ0v) is 17.2. The molecule has 0 bridgehead atoms. The van der Waals surface area contributed by atoms with E-state index in [1.54, 1.807) is 22.3 Å². The van der Waals surface area contributed by atoms with E-state index in [4.69, 9.17) is 10.5 Å². The molecular weight excluding hydrogens is 424 g/mol. The van der Waals surface area contributed by atoms with Crippen molar-refractivity contribution in [3.05, 3.63) is 86.5 Å². The van der Waals surface area contributed by atoms with Crippen molar-refractivity contribution in [3.8, 4) is 5.75 Å². The van der Waals surface area contributed by atoms with E-state index in [-0.39, 0.29) is 5.91 Å². The fourth-order valence-electron chi connectivity index (χ4n) is 2.71. The normalized spacial score (nSPS) is 10.6. The largest absolute Gasteiger partial charge is 0.488 e. The highest BCUT2D eigenvalue weighted by Crippen LogP contribution is 2.25. The van der Waals surface area contributed by atoms with Crippen LogP contribution in [0, 0.1) is 0 Å². The van der Waals surface area contributed by atoms with Crippen molar-refractivity contribution in [1.82, 2.24) is 4.90 Å². The van der Waals surface area contributed by atoms with Crippen molar-refractivity contribution in [2.24, 2.45) is 5.73 Å². The molecule has 6 heteroatoms. The molecule has 1 aromatic heterocycles. The summed E-state index contributed by atoms with van der Waals surface area (Å²) in [4.78, 5) is 16.0. The molecule has 0 unspecified atom stereocenters. The number of para-hydroxylation sites is 1. The third-order valence-electron chi connectivity index (χ3n) is 4.01. The second-order valence-electron chi connectivity index (χ2n) is 6.02. The van der Waals surface area contributed by atoms with Crippen LogP contribution >= 0.6 is 27.3 Å². The monoisotopic (exact) mass is 444 g/mol. The number of nitrogens with zero attached hydrogens (tertiary/aromatic N) is 1. The van der Waals surface area contributed by atoms with Crippen LogP contribution in [0.3, 0.4) is 0 Å². The van der Waals surface area contributed by atoms with Gasteiger partial charge in [0.25, 0.3) is 5.91 Å². The minimum Gasteiger partial charge on any atom is -0.488 e. The first-order chi connectivity index (χ1) is 13.2. The van der Waals surface area contributed by atoms with Gasteiger partial charge in [-0.25, -0.2) is 0 Å². The van der Waals surface area contributed by atoms with Gasteiger partial charge in [0.05, 0.1) is 12.1 Å². The summed E-state index contributed by atoms with van der Waals surface area (Å²) in [6.45, 7) is 1.84. The Labute approximate surface area is 171 Å². The Morgan fingerprint density at radius 3 is 2.56 bits per heavy atom. The average molecular weight is 445 g/mol. The molecule has 1 amide bonds. The van der Waals surface area contributed by atoms with Crippen molar-refractivity contribution in [2.75, 3.05) is 13.1 Å². The Bertz CT molecular complexity index is 883. The maximum Gasteiger partial charge on any atom is 0.257 e. The van der Waals surface area contributed by atoms with Crippen molar-refractivity contribution in [2.45, 2.75) is 13.2 Å². The lowest BCUT2D eigenvalue weighted by molar-refractivity contribution is 0.0745. The number of amides is 1. The zero-order valence-electron chi connectivity index (χ0n) is 14.8. The number of carbonyl (C=O) groups is 1. The molecule has 1 heterocycles. The Kier molecular flexibility index (Phi) is 7.04. The fraction of sp³-hybridized carbons (Fsp3) is 0.190. The van der Waals surface area contributed by atoms with Gasteiger partial charge in [-0.1, -0.05) is 42.5 Å². The van der Waals surface area contributed by atoms with Crippen LogP contribution < -0.4 is 10.5 Å². The third-order valence-corrected chi connectivity index (χ3v) is 5.69. The molecule has 3 rings (SSSR count). The smallest absolute Gasteiger partial charge is 0.257 e. The van der Waals surface area contributed by atoms with Crippen LogP contribution in [-0.2, 0) is 13.2 Å². The van der Waals surface area contributed by atoms with Gasteiger partial charge >= 0.3 is 0 Å². The Balaban J connectivity index is 1.77. The highest BCUT2D eigenvalue weighted by atomic mass is 79.9. The van der Waals surface area contributed by atoms with Crippen LogP contribution in [0.5, 0.6) is 5.75 Å². The summed E-state index contributed by atoms with van der Waals surface area (Å²) < 4.78 is 6.97. The summed E-state index contributed by atoms with van der Waals surface area (Å²) in [5, 5.41) is 2.01. The molecule has 0 saturated heterocycles. The number of carbonyl (C=O) groups excluding carboxylic acids is 1. The van der Waals surface area contributed by atoms with Crippen LogP contribution in [0.2, 0.25) is 0 Å². The lowest BCUT2D eigenvalue weighted by atomic mass is 10.1. The van der Waals surface area contributed by atoms with E-state index in [0.717, 1.165) is 14.9 Å². The number of thiophene rings is 1. The number of benzene rings is 2. The zero-order chi connectivity index (χ0) is 19.1. The summed E-state index contributed by atoms with van der Waals surface area (Å²) in [7, 11) is 0. The van der Waals surface area contributed by atoms with Gasteiger partial charge in [-0.2, -0.15) is 0 Å². The number of nitrogens with two attached hydrogens (primary N) is 1. The fourth-order valence-corrected chi connectivity index (χ4v) is 4.17. The van der Waals surface area contributed by atoms with Gasteiger partial charge in [0, 0.05) is 27.8 Å². The molecule has 4 nitrogen and oxygen atoms in total. The molecule has 140 valence electrons. The van der Waals surface area contributed by atoms with E-state index >= 15 is 0 Å². The third kappa shape index (κ3) is 5.42. The van der Waals surface area contributed by atoms with Crippen molar-refractivity contribution < 1.29 is 9.53 Å². The number of halogens is 1. The summed E-state index contributed by atoms with van der Waals surface area (Å²) in [5.74, 6) is 0.509. The van der Waals surface area contributed by atoms with Gasteiger partial charge < -0.3 is 15.4 Å². The van der Waals surface area contributed by atoms with Gasteiger partial charge in [0.2, 0.25) is 0 Å².